The van der Waals surface area contributed by atoms with E-state index in [0.717, 1.165) is 30.4 Å². The van der Waals surface area contributed by atoms with Crippen LogP contribution in [0.3, 0.4) is 0 Å². The van der Waals surface area contributed by atoms with E-state index in [1.54, 1.807) is 10.4 Å². The van der Waals surface area contributed by atoms with Crippen molar-refractivity contribution in [3.8, 4) is 5.75 Å². The van der Waals surface area contributed by atoms with Crippen LogP contribution in [-0.2, 0) is 10.0 Å². The van der Waals surface area contributed by atoms with Gasteiger partial charge in [0.25, 0.3) is 0 Å². The zero-order valence-corrected chi connectivity index (χ0v) is 16.4. The third-order valence-corrected chi connectivity index (χ3v) is 6.62. The maximum atomic E-state index is 13.2. The first-order valence-corrected chi connectivity index (χ1v) is 10.4. The van der Waals surface area contributed by atoms with Crippen LogP contribution >= 0.6 is 0 Å². The largest absolute Gasteiger partial charge is 0.492 e. The molecule has 0 radical (unpaired) electrons. The van der Waals surface area contributed by atoms with E-state index < -0.39 is 10.0 Å². The quantitative estimate of drug-likeness (QED) is 0.722. The molecule has 1 aromatic rings. The van der Waals surface area contributed by atoms with Crippen LogP contribution in [0.2, 0.25) is 0 Å². The highest BCUT2D eigenvalue weighted by Gasteiger charge is 2.33. The average Bonchev–Trinajstić information content (AvgIpc) is 2.49. The van der Waals surface area contributed by atoms with Crippen molar-refractivity contribution in [2.75, 3.05) is 19.7 Å². The second-order valence-corrected chi connectivity index (χ2v) is 9.26. The number of unbranched alkanes of at least 4 members (excludes halogenated alkanes) is 1. The van der Waals surface area contributed by atoms with Gasteiger partial charge in [-0.05, 0) is 61.8 Å². The van der Waals surface area contributed by atoms with Crippen molar-refractivity contribution >= 4 is 10.0 Å². The molecule has 0 saturated carbocycles. The van der Waals surface area contributed by atoms with Crippen LogP contribution in [0.5, 0.6) is 5.75 Å². The number of hydrogen-bond donors (Lipinski definition) is 0. The summed E-state index contributed by atoms with van der Waals surface area (Å²) >= 11 is 0. The summed E-state index contributed by atoms with van der Waals surface area (Å²) in [6, 6.07) is 3.64. The van der Waals surface area contributed by atoms with E-state index in [-0.39, 0.29) is 0 Å². The summed E-state index contributed by atoms with van der Waals surface area (Å²) in [7, 11) is -3.53. The Labute approximate surface area is 147 Å². The van der Waals surface area contributed by atoms with Crippen molar-refractivity contribution in [2.45, 2.75) is 58.8 Å². The van der Waals surface area contributed by atoms with Crippen molar-refractivity contribution < 1.29 is 13.2 Å². The molecule has 2 rings (SSSR count). The van der Waals surface area contributed by atoms with E-state index in [2.05, 4.69) is 20.8 Å². The fourth-order valence-corrected chi connectivity index (χ4v) is 5.22. The molecule has 1 aliphatic rings. The maximum absolute atomic E-state index is 13.2. The SMILES string of the molecule is CCCCOc1cc(C)c(C)cc1S(=O)(=O)N1CC(C)CC(C)C1. The van der Waals surface area contributed by atoms with Gasteiger partial charge in [-0.15, -0.1) is 0 Å². The molecule has 0 amide bonds. The van der Waals surface area contributed by atoms with E-state index in [9.17, 15) is 8.42 Å². The first-order chi connectivity index (χ1) is 11.3. The molecule has 0 N–H and O–H groups in total. The van der Waals surface area contributed by atoms with Crippen molar-refractivity contribution in [2.24, 2.45) is 11.8 Å². The number of sulfonamides is 1. The monoisotopic (exact) mass is 353 g/mol. The Morgan fingerprint density at radius 2 is 1.71 bits per heavy atom. The van der Waals surface area contributed by atoms with Crippen LogP contribution in [0.25, 0.3) is 0 Å². The van der Waals surface area contributed by atoms with E-state index in [4.69, 9.17) is 4.74 Å². The van der Waals surface area contributed by atoms with E-state index in [0.29, 0.717) is 42.2 Å². The highest BCUT2D eigenvalue weighted by atomic mass is 32.2. The second kappa shape index (κ2) is 7.87. The summed E-state index contributed by atoms with van der Waals surface area (Å²) < 4.78 is 34.0. The number of benzene rings is 1. The van der Waals surface area contributed by atoms with Crippen LogP contribution in [0.1, 0.15) is 51.2 Å². The van der Waals surface area contributed by atoms with Crippen LogP contribution in [0, 0.1) is 25.7 Å². The first-order valence-electron chi connectivity index (χ1n) is 8.99. The Bertz CT molecular complexity index is 659. The molecule has 136 valence electrons. The number of nitrogens with zero attached hydrogens (tertiary/aromatic N) is 1. The molecule has 4 nitrogen and oxygen atoms in total. The Morgan fingerprint density at radius 1 is 1.12 bits per heavy atom. The molecule has 2 unspecified atom stereocenters. The fraction of sp³-hybridized carbons (Fsp3) is 0.684. The van der Waals surface area contributed by atoms with E-state index >= 15 is 0 Å². The molecule has 5 heteroatoms. The van der Waals surface area contributed by atoms with Crippen molar-refractivity contribution in [1.82, 2.24) is 4.31 Å². The summed E-state index contributed by atoms with van der Waals surface area (Å²) in [6.07, 6.45) is 3.02. The summed E-state index contributed by atoms with van der Waals surface area (Å²) in [6.45, 7) is 12.0. The van der Waals surface area contributed by atoms with Crippen molar-refractivity contribution in [1.29, 1.82) is 0 Å². The van der Waals surface area contributed by atoms with E-state index in [1.165, 1.54) is 0 Å². The molecule has 0 aliphatic carbocycles. The number of ether oxygens (including phenoxy) is 1. The van der Waals surface area contributed by atoms with Crippen LogP contribution in [0.15, 0.2) is 17.0 Å². The molecule has 1 aromatic carbocycles. The summed E-state index contributed by atoms with van der Waals surface area (Å²) in [5.74, 6) is 1.27. The van der Waals surface area contributed by atoms with Gasteiger partial charge in [0.05, 0.1) is 6.61 Å². The van der Waals surface area contributed by atoms with Crippen molar-refractivity contribution in [3.63, 3.8) is 0 Å². The minimum Gasteiger partial charge on any atom is -0.492 e. The lowest BCUT2D eigenvalue weighted by molar-refractivity contribution is 0.221. The number of hydrogen-bond acceptors (Lipinski definition) is 3. The lowest BCUT2D eigenvalue weighted by Crippen LogP contribution is -2.42. The molecule has 0 bridgehead atoms. The zero-order valence-electron chi connectivity index (χ0n) is 15.6. The van der Waals surface area contributed by atoms with Gasteiger partial charge < -0.3 is 4.74 Å². The van der Waals surface area contributed by atoms with Gasteiger partial charge >= 0.3 is 0 Å². The predicted molar refractivity (Wildman–Crippen MR) is 98.0 cm³/mol. The summed E-state index contributed by atoms with van der Waals surface area (Å²) in [4.78, 5) is 0.322. The molecule has 1 fully saturated rings. The Balaban J connectivity index is 2.38. The van der Waals surface area contributed by atoms with Gasteiger partial charge in [0.15, 0.2) is 0 Å². The van der Waals surface area contributed by atoms with Gasteiger partial charge in [-0.1, -0.05) is 27.2 Å². The van der Waals surface area contributed by atoms with Crippen LogP contribution in [-0.4, -0.2) is 32.4 Å². The minimum absolute atomic E-state index is 0.322. The fourth-order valence-electron chi connectivity index (χ4n) is 3.35. The molecule has 24 heavy (non-hydrogen) atoms. The molecular formula is C19H31NO3S. The number of rotatable bonds is 6. The molecule has 0 spiro atoms. The van der Waals surface area contributed by atoms with Gasteiger partial charge in [-0.25, -0.2) is 8.42 Å². The normalized spacial score (nSPS) is 22.5. The molecule has 1 saturated heterocycles. The molecular weight excluding hydrogens is 322 g/mol. The molecule has 0 aromatic heterocycles. The molecule has 1 heterocycles. The highest BCUT2D eigenvalue weighted by molar-refractivity contribution is 7.89. The third-order valence-electron chi connectivity index (χ3n) is 4.77. The highest BCUT2D eigenvalue weighted by Crippen LogP contribution is 2.33. The standard InChI is InChI=1S/C19H31NO3S/c1-6-7-8-23-18-10-16(4)17(5)11-19(18)24(21,22)20-12-14(2)9-15(3)13-20/h10-11,14-15H,6-9,12-13H2,1-5H3. The Hall–Kier alpha value is -1.07. The maximum Gasteiger partial charge on any atom is 0.246 e. The minimum atomic E-state index is -3.53. The Kier molecular flexibility index (Phi) is 6.32. The number of aryl methyl sites for hydroxylation is 2. The van der Waals surface area contributed by atoms with Gasteiger partial charge in [-0.3, -0.25) is 0 Å². The van der Waals surface area contributed by atoms with Gasteiger partial charge in [0, 0.05) is 13.1 Å². The number of piperidine rings is 1. The van der Waals surface area contributed by atoms with Gasteiger partial charge in [-0.2, -0.15) is 4.31 Å². The Morgan fingerprint density at radius 3 is 2.29 bits per heavy atom. The summed E-state index contributed by atoms with van der Waals surface area (Å²) in [5.41, 5.74) is 2.04. The van der Waals surface area contributed by atoms with Gasteiger partial charge in [0.1, 0.15) is 10.6 Å². The van der Waals surface area contributed by atoms with Gasteiger partial charge in [0.2, 0.25) is 10.0 Å². The molecule has 1 aliphatic heterocycles. The lowest BCUT2D eigenvalue weighted by atomic mass is 9.94. The topological polar surface area (TPSA) is 46.6 Å². The second-order valence-electron chi connectivity index (χ2n) is 7.35. The average molecular weight is 354 g/mol. The van der Waals surface area contributed by atoms with Crippen LogP contribution in [0.4, 0.5) is 0 Å². The zero-order chi connectivity index (χ0) is 17.9. The summed E-state index contributed by atoms with van der Waals surface area (Å²) in [5, 5.41) is 0. The first kappa shape index (κ1) is 19.3. The van der Waals surface area contributed by atoms with Crippen LogP contribution < -0.4 is 4.74 Å². The predicted octanol–water partition coefficient (Wildman–Crippen LogP) is 4.15. The van der Waals surface area contributed by atoms with Crippen molar-refractivity contribution in [3.05, 3.63) is 23.3 Å². The third kappa shape index (κ3) is 4.31. The smallest absolute Gasteiger partial charge is 0.246 e. The lowest BCUT2D eigenvalue weighted by Gasteiger charge is -2.34. The van der Waals surface area contributed by atoms with E-state index in [1.807, 2.05) is 19.9 Å². The molecule has 2 atom stereocenters.